The van der Waals surface area contributed by atoms with Gasteiger partial charge in [-0.2, -0.15) is 0 Å². The molecule has 0 heterocycles. The summed E-state index contributed by atoms with van der Waals surface area (Å²) in [4.78, 5) is 0. The topological polar surface area (TPSA) is 12.0 Å². The third-order valence-electron chi connectivity index (χ3n) is 4.39. The molecule has 0 bridgehead atoms. The lowest BCUT2D eigenvalue weighted by molar-refractivity contribution is 0.183. The lowest BCUT2D eigenvalue weighted by Crippen LogP contribution is -2.30. The van der Waals surface area contributed by atoms with Crippen LogP contribution in [0.5, 0.6) is 0 Å². The normalized spacial score (nSPS) is 30.0. The summed E-state index contributed by atoms with van der Waals surface area (Å²) >= 11 is 2.54. The largest absolute Gasteiger partial charge is 0.317 e. The molecule has 1 nitrogen and oxygen atoms in total. The fraction of sp³-hybridized carbons (Fsp3) is 1.00. The molecule has 1 saturated carbocycles. The van der Waals surface area contributed by atoms with Gasteiger partial charge in [0.05, 0.1) is 0 Å². The highest BCUT2D eigenvalue weighted by atomic mass is 127. The second-order valence-electron chi connectivity index (χ2n) is 5.59. The first-order valence-electron chi connectivity index (χ1n) is 6.95. The van der Waals surface area contributed by atoms with Crippen LogP contribution in [0.15, 0.2) is 0 Å². The molecule has 0 amide bonds. The zero-order valence-corrected chi connectivity index (χ0v) is 13.3. The molecule has 0 aromatic rings. The molecule has 96 valence electrons. The summed E-state index contributed by atoms with van der Waals surface area (Å²) in [6.45, 7) is 9.39. The number of hydrogen-bond donors (Lipinski definition) is 1. The number of rotatable bonds is 6. The Morgan fingerprint density at radius 1 is 1.06 bits per heavy atom. The van der Waals surface area contributed by atoms with E-state index in [1.54, 1.807) is 0 Å². The van der Waals surface area contributed by atoms with Crippen molar-refractivity contribution in [1.82, 2.24) is 5.32 Å². The van der Waals surface area contributed by atoms with Crippen molar-refractivity contribution in [1.29, 1.82) is 0 Å². The number of halogens is 1. The van der Waals surface area contributed by atoms with E-state index in [9.17, 15) is 0 Å². The van der Waals surface area contributed by atoms with Crippen LogP contribution < -0.4 is 5.32 Å². The van der Waals surface area contributed by atoms with Gasteiger partial charge in [-0.3, -0.25) is 0 Å². The molecule has 0 radical (unpaired) electrons. The summed E-state index contributed by atoms with van der Waals surface area (Å²) in [7, 11) is 0. The smallest absolute Gasteiger partial charge is 0.00237 e. The second kappa shape index (κ2) is 7.91. The van der Waals surface area contributed by atoms with Crippen LogP contribution in [0.3, 0.4) is 0 Å². The van der Waals surface area contributed by atoms with E-state index in [2.05, 4.69) is 48.7 Å². The Labute approximate surface area is 115 Å². The highest BCUT2D eigenvalue weighted by Crippen LogP contribution is 2.37. The molecule has 1 fully saturated rings. The van der Waals surface area contributed by atoms with Crippen LogP contribution >= 0.6 is 22.6 Å². The minimum atomic E-state index is 0.871. The molecule has 0 aliphatic heterocycles. The van der Waals surface area contributed by atoms with Gasteiger partial charge in [-0.25, -0.2) is 0 Å². The van der Waals surface area contributed by atoms with Gasteiger partial charge >= 0.3 is 0 Å². The van der Waals surface area contributed by atoms with Crippen LogP contribution in [0.4, 0.5) is 0 Å². The van der Waals surface area contributed by atoms with E-state index in [0.717, 1.165) is 30.2 Å². The van der Waals surface area contributed by atoms with Gasteiger partial charge in [0, 0.05) is 4.43 Å². The van der Waals surface area contributed by atoms with E-state index >= 15 is 0 Å². The van der Waals surface area contributed by atoms with Crippen LogP contribution in [0, 0.1) is 23.7 Å². The van der Waals surface area contributed by atoms with E-state index in [0.29, 0.717) is 0 Å². The van der Waals surface area contributed by atoms with Crippen molar-refractivity contribution in [3.8, 4) is 0 Å². The minimum Gasteiger partial charge on any atom is -0.317 e. The van der Waals surface area contributed by atoms with E-state index in [1.807, 2.05) is 0 Å². The summed E-state index contributed by atoms with van der Waals surface area (Å²) in [5.74, 6) is 3.80. The average Bonchev–Trinajstić information content (AvgIpc) is 2.35. The molecular weight excluding hydrogens is 309 g/mol. The van der Waals surface area contributed by atoms with Gasteiger partial charge in [-0.1, -0.05) is 43.4 Å². The molecule has 16 heavy (non-hydrogen) atoms. The second-order valence-corrected chi connectivity index (χ2v) is 6.47. The Bertz CT molecular complexity index is 176. The Kier molecular flexibility index (Phi) is 7.29. The lowest BCUT2D eigenvalue weighted by Gasteiger charge is -2.34. The summed E-state index contributed by atoms with van der Waals surface area (Å²) in [5.41, 5.74) is 0. The van der Waals surface area contributed by atoms with Crippen molar-refractivity contribution in [2.24, 2.45) is 23.7 Å². The van der Waals surface area contributed by atoms with Gasteiger partial charge in [-0.15, -0.1) is 0 Å². The van der Waals surface area contributed by atoms with Crippen molar-refractivity contribution >= 4 is 22.6 Å². The number of nitrogens with one attached hydrogen (secondary N) is 1. The zero-order chi connectivity index (χ0) is 12.0. The van der Waals surface area contributed by atoms with Crippen molar-refractivity contribution in [2.75, 3.05) is 17.5 Å². The van der Waals surface area contributed by atoms with E-state index in [4.69, 9.17) is 0 Å². The molecule has 2 atom stereocenters. The third kappa shape index (κ3) is 4.52. The molecule has 0 aromatic heterocycles. The monoisotopic (exact) mass is 337 g/mol. The van der Waals surface area contributed by atoms with Crippen molar-refractivity contribution in [2.45, 2.75) is 46.5 Å². The molecule has 2 unspecified atom stereocenters. The van der Waals surface area contributed by atoms with Crippen molar-refractivity contribution in [3.05, 3.63) is 0 Å². The maximum absolute atomic E-state index is 3.49. The van der Waals surface area contributed by atoms with Crippen LogP contribution in [0.1, 0.15) is 46.5 Å². The van der Waals surface area contributed by atoms with Crippen LogP contribution in [-0.2, 0) is 0 Å². The van der Waals surface area contributed by atoms with Gasteiger partial charge in [0.1, 0.15) is 0 Å². The lowest BCUT2D eigenvalue weighted by atomic mass is 9.73. The standard InChI is InChI=1S/C14H28IN/c1-4-16-10-12(3)14-7-5-13(6-8-14)11(2)9-15/h11-14,16H,4-10H2,1-3H3. The first-order valence-corrected chi connectivity index (χ1v) is 8.48. The third-order valence-corrected chi connectivity index (χ3v) is 5.77. The van der Waals surface area contributed by atoms with Gasteiger partial charge in [0.25, 0.3) is 0 Å². The predicted octanol–water partition coefficient (Wildman–Crippen LogP) is 4.11. The molecule has 0 aromatic carbocycles. The summed E-state index contributed by atoms with van der Waals surface area (Å²) < 4.78 is 1.33. The maximum Gasteiger partial charge on any atom is 0.00237 e. The SMILES string of the molecule is CCNCC(C)C1CCC(C(C)CI)CC1. The van der Waals surface area contributed by atoms with Crippen molar-refractivity contribution < 1.29 is 0 Å². The Balaban J connectivity index is 2.25. The summed E-state index contributed by atoms with van der Waals surface area (Å²) in [6.07, 6.45) is 5.90. The van der Waals surface area contributed by atoms with E-state index in [1.165, 1.54) is 36.7 Å². The van der Waals surface area contributed by atoms with Crippen molar-refractivity contribution in [3.63, 3.8) is 0 Å². The van der Waals surface area contributed by atoms with Crippen LogP contribution in [0.25, 0.3) is 0 Å². The molecule has 1 aliphatic rings. The first kappa shape index (κ1) is 14.7. The van der Waals surface area contributed by atoms with E-state index in [-0.39, 0.29) is 0 Å². The molecule has 1 rings (SSSR count). The molecule has 1 N–H and O–H groups in total. The quantitative estimate of drug-likeness (QED) is 0.568. The highest BCUT2D eigenvalue weighted by Gasteiger charge is 2.27. The summed E-state index contributed by atoms with van der Waals surface area (Å²) in [6, 6.07) is 0. The summed E-state index contributed by atoms with van der Waals surface area (Å²) in [5, 5.41) is 3.49. The fourth-order valence-corrected chi connectivity index (χ4v) is 3.67. The van der Waals surface area contributed by atoms with Gasteiger partial charge < -0.3 is 5.32 Å². The Hall–Kier alpha value is 0.690. The van der Waals surface area contributed by atoms with Crippen LogP contribution in [-0.4, -0.2) is 17.5 Å². The van der Waals surface area contributed by atoms with Gasteiger partial charge in [-0.05, 0) is 62.4 Å². The minimum absolute atomic E-state index is 0.871. The molecule has 0 spiro atoms. The first-order chi connectivity index (χ1) is 7.69. The highest BCUT2D eigenvalue weighted by molar-refractivity contribution is 14.1. The number of hydrogen-bond acceptors (Lipinski definition) is 1. The Morgan fingerprint density at radius 3 is 2.00 bits per heavy atom. The average molecular weight is 337 g/mol. The number of alkyl halides is 1. The van der Waals surface area contributed by atoms with E-state index < -0.39 is 0 Å². The maximum atomic E-state index is 3.49. The zero-order valence-electron chi connectivity index (χ0n) is 11.1. The molecule has 2 heteroatoms. The fourth-order valence-electron chi connectivity index (χ4n) is 2.95. The van der Waals surface area contributed by atoms with Gasteiger partial charge in [0.15, 0.2) is 0 Å². The Morgan fingerprint density at radius 2 is 1.56 bits per heavy atom. The molecule has 1 aliphatic carbocycles. The predicted molar refractivity (Wildman–Crippen MR) is 81.2 cm³/mol. The van der Waals surface area contributed by atoms with Crippen LogP contribution in [0.2, 0.25) is 0 Å². The molecular formula is C14H28IN. The van der Waals surface area contributed by atoms with Gasteiger partial charge in [0.2, 0.25) is 0 Å². The molecule has 0 saturated heterocycles.